The van der Waals surface area contributed by atoms with Crippen LogP contribution in [0, 0.1) is 13.8 Å². The van der Waals surface area contributed by atoms with Gasteiger partial charge in [0.1, 0.15) is 0 Å². The number of β-amino-alcohol motifs (C(OH)–C–C–N with tert-alkyl or cyclic N) is 1. The second kappa shape index (κ2) is 6.59. The lowest BCUT2D eigenvalue weighted by Crippen LogP contribution is -2.52. The van der Waals surface area contributed by atoms with Gasteiger partial charge in [0.2, 0.25) is 0 Å². The maximum atomic E-state index is 10.6. The van der Waals surface area contributed by atoms with E-state index < -0.39 is 6.10 Å². The number of aliphatic hydroxyl groups excluding tert-OH is 1. The molecule has 1 aromatic carbocycles. The molecule has 1 N–H and O–H groups in total. The van der Waals surface area contributed by atoms with Crippen LogP contribution in [0.3, 0.4) is 0 Å². The highest BCUT2D eigenvalue weighted by Gasteiger charge is 2.27. The first-order chi connectivity index (χ1) is 11.0. The molecule has 0 saturated carbocycles. The monoisotopic (exact) mass is 317 g/mol. The number of rotatable bonds is 4. The molecule has 0 radical (unpaired) electrons. The predicted octanol–water partition coefficient (Wildman–Crippen LogP) is 2.12. The van der Waals surface area contributed by atoms with Gasteiger partial charge in [0.15, 0.2) is 0 Å². The van der Waals surface area contributed by atoms with Crippen molar-refractivity contribution in [2.75, 3.05) is 19.8 Å². The first-order valence-electron chi connectivity index (χ1n) is 8.39. The van der Waals surface area contributed by atoms with E-state index >= 15 is 0 Å². The van der Waals surface area contributed by atoms with Crippen molar-refractivity contribution < 1.29 is 9.84 Å². The number of aryl methyl sites for hydroxylation is 2. The lowest BCUT2D eigenvalue weighted by atomic mass is 10.1. The van der Waals surface area contributed by atoms with Gasteiger partial charge in [0, 0.05) is 18.6 Å². The van der Waals surface area contributed by atoms with Crippen molar-refractivity contribution in [1.82, 2.24) is 14.5 Å². The smallest absolute Gasteiger partial charge is 0.0959 e. The Bertz CT molecular complexity index is 672. The minimum absolute atomic E-state index is 0.345. The van der Waals surface area contributed by atoms with Crippen LogP contribution in [0.15, 0.2) is 18.5 Å². The Morgan fingerprint density at radius 3 is 2.52 bits per heavy atom. The number of aromatic nitrogens is 2. The summed E-state index contributed by atoms with van der Waals surface area (Å²) >= 11 is 0. The van der Waals surface area contributed by atoms with Crippen molar-refractivity contribution >= 4 is 11.0 Å². The molecule has 1 saturated heterocycles. The Kier molecular flexibility index (Phi) is 4.71. The second-order valence-electron chi connectivity index (χ2n) is 6.91. The van der Waals surface area contributed by atoms with Crippen LogP contribution in [0.4, 0.5) is 0 Å². The highest BCUT2D eigenvalue weighted by atomic mass is 16.5. The van der Waals surface area contributed by atoms with Crippen LogP contribution in [0.1, 0.15) is 25.0 Å². The van der Waals surface area contributed by atoms with Crippen LogP contribution in [-0.4, -0.2) is 57.5 Å². The molecule has 0 spiro atoms. The van der Waals surface area contributed by atoms with Gasteiger partial charge in [-0.25, -0.2) is 4.98 Å². The number of morpholine rings is 1. The molecule has 3 rings (SSSR count). The molecular weight excluding hydrogens is 290 g/mol. The zero-order valence-corrected chi connectivity index (χ0v) is 14.5. The van der Waals surface area contributed by atoms with E-state index in [0.29, 0.717) is 25.2 Å². The molecule has 2 aromatic rings. The van der Waals surface area contributed by atoms with E-state index in [9.17, 15) is 5.11 Å². The summed E-state index contributed by atoms with van der Waals surface area (Å²) in [6.45, 7) is 11.2. The SMILES string of the molecule is Cc1cc2ncn(CC(O)CN3C(C)COCC3C)c2cc1C. The van der Waals surface area contributed by atoms with Crippen molar-refractivity contribution in [2.24, 2.45) is 0 Å². The third kappa shape index (κ3) is 3.42. The molecule has 0 amide bonds. The van der Waals surface area contributed by atoms with Crippen LogP contribution >= 0.6 is 0 Å². The van der Waals surface area contributed by atoms with Gasteiger partial charge in [-0.1, -0.05) is 0 Å². The van der Waals surface area contributed by atoms with E-state index in [1.165, 1.54) is 11.1 Å². The van der Waals surface area contributed by atoms with E-state index in [1.54, 1.807) is 0 Å². The van der Waals surface area contributed by atoms with Crippen LogP contribution in [0.5, 0.6) is 0 Å². The minimum Gasteiger partial charge on any atom is -0.390 e. The topological polar surface area (TPSA) is 50.5 Å². The van der Waals surface area contributed by atoms with Crippen molar-refractivity contribution in [2.45, 2.75) is 52.4 Å². The standard InChI is InChI=1S/C18H27N3O2/c1-12-5-17-18(6-13(12)2)20(11-19-17)7-16(22)8-21-14(3)9-23-10-15(21)4/h5-6,11,14-16,22H,7-10H2,1-4H3. The normalized spacial score (nSPS) is 24.2. The summed E-state index contributed by atoms with van der Waals surface area (Å²) in [4.78, 5) is 6.80. The highest BCUT2D eigenvalue weighted by Crippen LogP contribution is 2.19. The number of fused-ring (bicyclic) bond motifs is 1. The van der Waals surface area contributed by atoms with E-state index in [4.69, 9.17) is 4.74 Å². The number of imidazole rings is 1. The lowest BCUT2D eigenvalue weighted by Gasteiger charge is -2.39. The Morgan fingerprint density at radius 2 is 1.83 bits per heavy atom. The molecule has 1 aromatic heterocycles. The molecule has 0 aliphatic carbocycles. The molecule has 5 heteroatoms. The van der Waals surface area contributed by atoms with Crippen molar-refractivity contribution in [3.8, 4) is 0 Å². The third-order valence-corrected chi connectivity index (χ3v) is 4.92. The average Bonchev–Trinajstić information content (AvgIpc) is 2.86. The molecule has 126 valence electrons. The number of nitrogens with zero attached hydrogens (tertiary/aromatic N) is 3. The number of aliphatic hydroxyl groups is 1. The van der Waals surface area contributed by atoms with E-state index in [2.05, 4.69) is 54.3 Å². The Labute approximate surface area is 137 Å². The zero-order valence-electron chi connectivity index (χ0n) is 14.5. The van der Waals surface area contributed by atoms with Crippen LogP contribution in [0.25, 0.3) is 11.0 Å². The third-order valence-electron chi connectivity index (χ3n) is 4.92. The predicted molar refractivity (Wildman–Crippen MR) is 91.7 cm³/mol. The van der Waals surface area contributed by atoms with Gasteiger partial charge >= 0.3 is 0 Å². The molecular formula is C18H27N3O2. The summed E-state index contributed by atoms with van der Waals surface area (Å²) in [5.74, 6) is 0. The first kappa shape index (κ1) is 16.4. The molecule has 1 aliphatic rings. The van der Waals surface area contributed by atoms with Crippen molar-refractivity contribution in [3.05, 3.63) is 29.6 Å². The van der Waals surface area contributed by atoms with Crippen molar-refractivity contribution in [1.29, 1.82) is 0 Å². The Hall–Kier alpha value is -1.43. The van der Waals surface area contributed by atoms with E-state index in [0.717, 1.165) is 24.2 Å². The maximum Gasteiger partial charge on any atom is 0.0959 e. The zero-order chi connectivity index (χ0) is 16.6. The van der Waals surface area contributed by atoms with Gasteiger partial charge < -0.3 is 14.4 Å². The second-order valence-corrected chi connectivity index (χ2v) is 6.91. The molecule has 1 fully saturated rings. The van der Waals surface area contributed by atoms with Gasteiger partial charge in [-0.3, -0.25) is 4.90 Å². The number of hydrogen-bond donors (Lipinski definition) is 1. The first-order valence-corrected chi connectivity index (χ1v) is 8.39. The highest BCUT2D eigenvalue weighted by molar-refractivity contribution is 5.77. The molecule has 1 aliphatic heterocycles. The summed E-state index contributed by atoms with van der Waals surface area (Å²) in [6.07, 6.45) is 1.41. The molecule has 3 atom stereocenters. The molecule has 5 nitrogen and oxygen atoms in total. The fraction of sp³-hybridized carbons (Fsp3) is 0.611. The fourth-order valence-corrected chi connectivity index (χ4v) is 3.38. The Balaban J connectivity index is 1.72. The van der Waals surface area contributed by atoms with E-state index in [-0.39, 0.29) is 0 Å². The summed E-state index contributed by atoms with van der Waals surface area (Å²) in [5.41, 5.74) is 4.59. The summed E-state index contributed by atoms with van der Waals surface area (Å²) < 4.78 is 7.61. The number of hydrogen-bond acceptors (Lipinski definition) is 4. The van der Waals surface area contributed by atoms with Crippen LogP contribution in [-0.2, 0) is 11.3 Å². The molecule has 2 heterocycles. The number of benzene rings is 1. The summed E-state index contributed by atoms with van der Waals surface area (Å²) in [6, 6.07) is 4.96. The van der Waals surface area contributed by atoms with Crippen LogP contribution in [0.2, 0.25) is 0 Å². The van der Waals surface area contributed by atoms with Gasteiger partial charge in [-0.05, 0) is 51.0 Å². The van der Waals surface area contributed by atoms with Gasteiger partial charge in [0.25, 0.3) is 0 Å². The summed E-state index contributed by atoms with van der Waals surface area (Å²) in [7, 11) is 0. The van der Waals surface area contributed by atoms with Crippen LogP contribution < -0.4 is 0 Å². The largest absolute Gasteiger partial charge is 0.390 e. The molecule has 3 unspecified atom stereocenters. The molecule has 0 bridgehead atoms. The van der Waals surface area contributed by atoms with E-state index in [1.807, 2.05) is 6.33 Å². The number of ether oxygens (including phenoxy) is 1. The average molecular weight is 317 g/mol. The molecule has 23 heavy (non-hydrogen) atoms. The maximum absolute atomic E-state index is 10.6. The van der Waals surface area contributed by atoms with Gasteiger partial charge in [-0.2, -0.15) is 0 Å². The lowest BCUT2D eigenvalue weighted by molar-refractivity contribution is -0.0548. The quantitative estimate of drug-likeness (QED) is 0.938. The minimum atomic E-state index is -0.419. The van der Waals surface area contributed by atoms with Crippen molar-refractivity contribution in [3.63, 3.8) is 0 Å². The fourth-order valence-electron chi connectivity index (χ4n) is 3.38. The Morgan fingerprint density at radius 1 is 1.17 bits per heavy atom. The summed E-state index contributed by atoms with van der Waals surface area (Å²) in [5, 5.41) is 10.6. The van der Waals surface area contributed by atoms with Gasteiger partial charge in [-0.15, -0.1) is 0 Å². The van der Waals surface area contributed by atoms with Gasteiger partial charge in [0.05, 0.1) is 43.2 Å².